The topological polar surface area (TPSA) is 41.6 Å². The number of nitrogens with one attached hydrogen (secondary N) is 1. The molecule has 0 saturated carbocycles. The summed E-state index contributed by atoms with van der Waals surface area (Å²) >= 11 is 0. The second-order valence-electron chi connectivity index (χ2n) is 0.652. The number of aromatic nitrogens is 3. The molecule has 28 valence electrons. The predicted molar refractivity (Wildman–Crippen MR) is 22.1 cm³/mol. The van der Waals surface area contributed by atoms with Crippen molar-refractivity contribution in [2.45, 2.75) is 0 Å². The summed E-state index contributed by atoms with van der Waals surface area (Å²) in [5, 5.41) is 5.99. The van der Waals surface area contributed by atoms with Crippen LogP contribution in [0.5, 0.6) is 0 Å². The molecule has 0 unspecified atom stereocenters. The molecule has 0 bridgehead atoms. The van der Waals surface area contributed by atoms with Gasteiger partial charge in [-0.3, -0.25) is 5.10 Å². The molecule has 6 heavy (non-hydrogen) atoms. The van der Waals surface area contributed by atoms with E-state index >= 15 is 0 Å². The smallest absolute Gasteiger partial charge is 0.137 e. The van der Waals surface area contributed by atoms with Crippen LogP contribution in [-0.4, -0.2) is 52.9 Å². The van der Waals surface area contributed by atoms with Crippen LogP contribution < -0.4 is 0 Å². The Bertz CT molecular complexity index is 65.3. The first-order valence-corrected chi connectivity index (χ1v) is 1.29. The second kappa shape index (κ2) is 3.58. The molecule has 1 aromatic heterocycles. The molecular formula is C2H3CaN3. The Labute approximate surface area is 65.2 Å². The predicted octanol–water partition coefficient (Wildman–Crippen LogP) is -0.576. The quantitative estimate of drug-likeness (QED) is 0.453. The number of aromatic amines is 1. The van der Waals surface area contributed by atoms with Gasteiger partial charge in [0, 0.05) is 37.7 Å². The minimum Gasteiger partial charge on any atom is -0.266 e. The van der Waals surface area contributed by atoms with Crippen molar-refractivity contribution in [2.24, 2.45) is 0 Å². The molecule has 0 atom stereocenters. The summed E-state index contributed by atoms with van der Waals surface area (Å²) in [5.74, 6) is 0. The van der Waals surface area contributed by atoms with E-state index in [1.165, 1.54) is 12.7 Å². The van der Waals surface area contributed by atoms with Crippen LogP contribution in [0.25, 0.3) is 0 Å². The fraction of sp³-hybridized carbons (Fsp3) is 0. The van der Waals surface area contributed by atoms with Gasteiger partial charge in [0.2, 0.25) is 0 Å². The van der Waals surface area contributed by atoms with Crippen LogP contribution in [0.15, 0.2) is 12.7 Å². The molecule has 1 heterocycles. The number of nitrogens with zero attached hydrogens (tertiary/aromatic N) is 2. The Balaban J connectivity index is 0.000000250. The molecule has 0 aliphatic carbocycles. The maximum Gasteiger partial charge on any atom is 0.137 e. The van der Waals surface area contributed by atoms with Gasteiger partial charge in [0.05, 0.1) is 0 Å². The van der Waals surface area contributed by atoms with E-state index in [2.05, 4.69) is 15.2 Å². The largest absolute Gasteiger partial charge is 0.266 e. The minimum absolute atomic E-state index is 0. The average molecular weight is 109 g/mol. The van der Waals surface area contributed by atoms with Crippen LogP contribution in [0.3, 0.4) is 0 Å². The molecule has 1 rings (SSSR count). The Morgan fingerprint density at radius 3 is 2.50 bits per heavy atom. The van der Waals surface area contributed by atoms with Crippen molar-refractivity contribution < 1.29 is 0 Å². The zero-order chi connectivity index (χ0) is 3.54. The normalized spacial score (nSPS) is 6.67. The van der Waals surface area contributed by atoms with Crippen LogP contribution in [0, 0.1) is 0 Å². The van der Waals surface area contributed by atoms with Gasteiger partial charge in [0.25, 0.3) is 0 Å². The summed E-state index contributed by atoms with van der Waals surface area (Å²) < 4.78 is 0. The SMILES string of the molecule is [Ca].c1nc[nH]n1. The molecule has 4 heteroatoms. The van der Waals surface area contributed by atoms with Gasteiger partial charge in [-0.1, -0.05) is 0 Å². The molecule has 0 aromatic carbocycles. The first-order valence-electron chi connectivity index (χ1n) is 1.29. The van der Waals surface area contributed by atoms with Gasteiger partial charge in [-0.25, -0.2) is 4.98 Å². The molecule has 2 radical (unpaired) electrons. The summed E-state index contributed by atoms with van der Waals surface area (Å²) in [7, 11) is 0. The molecule has 3 nitrogen and oxygen atoms in total. The van der Waals surface area contributed by atoms with Crippen molar-refractivity contribution in [1.29, 1.82) is 0 Å². The molecule has 0 spiro atoms. The second-order valence-corrected chi connectivity index (χ2v) is 0.652. The molecule has 0 amide bonds. The van der Waals surface area contributed by atoms with E-state index in [1.807, 2.05) is 0 Å². The first kappa shape index (κ1) is 6.40. The Morgan fingerprint density at radius 2 is 2.33 bits per heavy atom. The summed E-state index contributed by atoms with van der Waals surface area (Å²) in [6, 6.07) is 0. The Morgan fingerprint density at radius 1 is 1.50 bits per heavy atom. The molecule has 0 saturated heterocycles. The van der Waals surface area contributed by atoms with Gasteiger partial charge in [-0.05, 0) is 0 Å². The fourth-order valence-electron chi connectivity index (χ4n) is 0.167. The van der Waals surface area contributed by atoms with Gasteiger partial charge in [0.15, 0.2) is 0 Å². The molecule has 0 fully saturated rings. The van der Waals surface area contributed by atoms with Gasteiger partial charge in [-0.15, -0.1) is 0 Å². The van der Waals surface area contributed by atoms with Crippen LogP contribution >= 0.6 is 0 Å². The number of H-pyrrole nitrogens is 1. The van der Waals surface area contributed by atoms with E-state index in [0.29, 0.717) is 0 Å². The summed E-state index contributed by atoms with van der Waals surface area (Å²) in [6.45, 7) is 0. The van der Waals surface area contributed by atoms with Crippen molar-refractivity contribution in [2.75, 3.05) is 0 Å². The third-order valence-corrected chi connectivity index (χ3v) is 0.331. The van der Waals surface area contributed by atoms with E-state index in [-0.39, 0.29) is 37.7 Å². The summed E-state index contributed by atoms with van der Waals surface area (Å²) in [6.07, 6.45) is 2.96. The summed E-state index contributed by atoms with van der Waals surface area (Å²) in [4.78, 5) is 3.56. The van der Waals surface area contributed by atoms with Crippen molar-refractivity contribution in [3.63, 3.8) is 0 Å². The number of hydrogen-bond donors (Lipinski definition) is 1. The van der Waals surface area contributed by atoms with Gasteiger partial charge >= 0.3 is 0 Å². The number of hydrogen-bond acceptors (Lipinski definition) is 2. The Kier molecular flexibility index (Phi) is 3.82. The number of rotatable bonds is 0. The molecule has 0 aliphatic rings. The molecule has 1 aromatic rings. The minimum atomic E-state index is 0. The van der Waals surface area contributed by atoms with E-state index in [0.717, 1.165) is 0 Å². The van der Waals surface area contributed by atoms with Crippen molar-refractivity contribution in [1.82, 2.24) is 15.2 Å². The van der Waals surface area contributed by atoms with Gasteiger partial charge in [-0.2, -0.15) is 5.10 Å². The first-order chi connectivity index (χ1) is 2.50. The Hall–Kier alpha value is 0.400. The van der Waals surface area contributed by atoms with Crippen LogP contribution in [0.4, 0.5) is 0 Å². The van der Waals surface area contributed by atoms with Crippen LogP contribution in [0.1, 0.15) is 0 Å². The standard InChI is InChI=1S/C2H3N3.Ca/c1-3-2-5-4-1;/h1-2H,(H,3,4,5);. The summed E-state index contributed by atoms with van der Waals surface area (Å²) in [5.41, 5.74) is 0. The maximum absolute atomic E-state index is 3.56. The maximum atomic E-state index is 3.56. The van der Waals surface area contributed by atoms with Crippen molar-refractivity contribution in [3.05, 3.63) is 12.7 Å². The third-order valence-electron chi connectivity index (χ3n) is 0.331. The average Bonchev–Trinajstić information content (AvgIpc) is 1.76. The van der Waals surface area contributed by atoms with Gasteiger partial charge < -0.3 is 0 Å². The van der Waals surface area contributed by atoms with E-state index in [1.54, 1.807) is 0 Å². The monoisotopic (exact) mass is 109 g/mol. The van der Waals surface area contributed by atoms with E-state index in [4.69, 9.17) is 0 Å². The van der Waals surface area contributed by atoms with Crippen molar-refractivity contribution in [3.8, 4) is 0 Å². The zero-order valence-electron chi connectivity index (χ0n) is 3.26. The van der Waals surface area contributed by atoms with Crippen LogP contribution in [-0.2, 0) is 0 Å². The fourth-order valence-corrected chi connectivity index (χ4v) is 0.167. The molecule has 0 aliphatic heterocycles. The van der Waals surface area contributed by atoms with E-state index < -0.39 is 0 Å². The van der Waals surface area contributed by atoms with E-state index in [9.17, 15) is 0 Å². The van der Waals surface area contributed by atoms with Crippen LogP contribution in [0.2, 0.25) is 0 Å². The zero-order valence-corrected chi connectivity index (χ0v) is 5.46. The third kappa shape index (κ3) is 1.74. The molecule has 1 N–H and O–H groups in total. The molecular weight excluding hydrogens is 106 g/mol. The van der Waals surface area contributed by atoms with Crippen molar-refractivity contribution >= 4 is 37.7 Å². The van der Waals surface area contributed by atoms with Gasteiger partial charge in [0.1, 0.15) is 12.7 Å².